The number of likely N-dealkylation sites (tertiary alicyclic amines) is 1. The predicted octanol–water partition coefficient (Wildman–Crippen LogP) is 2.32. The largest absolute Gasteiger partial charge is 0.481 e. The highest BCUT2D eigenvalue weighted by molar-refractivity contribution is 5.95. The summed E-state index contributed by atoms with van der Waals surface area (Å²) >= 11 is 0. The number of carboxylic acid groups (broad SMARTS) is 1. The van der Waals surface area contributed by atoms with Crippen molar-refractivity contribution in [3.05, 3.63) is 40.5 Å². The molecule has 2 aromatic rings. The third-order valence-electron chi connectivity index (χ3n) is 5.83. The van der Waals surface area contributed by atoms with Crippen molar-refractivity contribution in [1.82, 2.24) is 19.7 Å². The number of benzene rings is 1. The van der Waals surface area contributed by atoms with Crippen LogP contribution in [0.4, 0.5) is 0 Å². The van der Waals surface area contributed by atoms with Gasteiger partial charge in [-0.3, -0.25) is 4.79 Å². The second-order valence-electron chi connectivity index (χ2n) is 7.92. The van der Waals surface area contributed by atoms with Gasteiger partial charge < -0.3 is 19.3 Å². The van der Waals surface area contributed by atoms with E-state index in [1.54, 1.807) is 12.1 Å². The highest BCUT2D eigenvalue weighted by Gasteiger charge is 2.30. The Kier molecular flexibility index (Phi) is 5.25. The molecule has 1 amide bonds. The Bertz CT molecular complexity index is 921. The van der Waals surface area contributed by atoms with Gasteiger partial charge in [0.1, 0.15) is 17.4 Å². The highest BCUT2D eigenvalue weighted by atomic mass is 16.5. The summed E-state index contributed by atoms with van der Waals surface area (Å²) < 4.78 is 7.62. The van der Waals surface area contributed by atoms with Crippen LogP contribution in [0.5, 0.6) is 5.75 Å². The van der Waals surface area contributed by atoms with E-state index >= 15 is 0 Å². The number of aryl methyl sites for hydroxylation is 3. The van der Waals surface area contributed by atoms with Gasteiger partial charge in [-0.05, 0) is 56.4 Å². The zero-order valence-corrected chi connectivity index (χ0v) is 16.8. The molecule has 0 bridgehead atoms. The third-order valence-corrected chi connectivity index (χ3v) is 5.83. The van der Waals surface area contributed by atoms with Gasteiger partial charge in [-0.25, -0.2) is 4.79 Å². The normalized spacial score (nSPS) is 16.7. The number of hydrogen-bond donors (Lipinski definition) is 1. The molecule has 1 aromatic heterocycles. The summed E-state index contributed by atoms with van der Waals surface area (Å²) in [6.45, 7) is 5.67. The number of nitrogens with zero attached hydrogens (tertiary/aromatic N) is 4. The van der Waals surface area contributed by atoms with E-state index in [0.29, 0.717) is 30.3 Å². The molecule has 8 nitrogen and oxygen atoms in total. The van der Waals surface area contributed by atoms with E-state index in [-0.39, 0.29) is 5.91 Å². The molecule has 0 aliphatic carbocycles. The number of rotatable bonds is 5. The van der Waals surface area contributed by atoms with Crippen molar-refractivity contribution in [2.24, 2.45) is 0 Å². The Morgan fingerprint density at radius 3 is 2.48 bits per heavy atom. The zero-order valence-electron chi connectivity index (χ0n) is 16.8. The van der Waals surface area contributed by atoms with Crippen LogP contribution in [-0.2, 0) is 17.8 Å². The number of amides is 1. The van der Waals surface area contributed by atoms with Crippen molar-refractivity contribution in [2.45, 2.75) is 52.0 Å². The summed E-state index contributed by atoms with van der Waals surface area (Å²) in [5.41, 5.74) is 2.15. The lowest BCUT2D eigenvalue weighted by molar-refractivity contribution is -0.139. The lowest BCUT2D eigenvalue weighted by Crippen LogP contribution is -2.38. The number of hydrogen-bond acceptors (Lipinski definition) is 5. The first kappa shape index (κ1) is 19.4. The van der Waals surface area contributed by atoms with E-state index in [2.05, 4.69) is 14.8 Å². The van der Waals surface area contributed by atoms with Crippen LogP contribution >= 0.6 is 0 Å². The molecule has 0 saturated carbocycles. The van der Waals surface area contributed by atoms with Crippen molar-refractivity contribution in [3.63, 3.8) is 0 Å². The van der Waals surface area contributed by atoms with Gasteiger partial charge in [0.05, 0.1) is 0 Å². The average molecular weight is 398 g/mol. The molecule has 3 heterocycles. The fourth-order valence-corrected chi connectivity index (χ4v) is 4.43. The Morgan fingerprint density at radius 1 is 1.14 bits per heavy atom. The fraction of sp³-hybridized carbons (Fsp3) is 0.524. The quantitative estimate of drug-likeness (QED) is 0.830. The number of fused-ring (bicyclic) bond motifs is 1. The highest BCUT2D eigenvalue weighted by Crippen LogP contribution is 2.31. The van der Waals surface area contributed by atoms with Crippen molar-refractivity contribution < 1.29 is 19.4 Å². The molecule has 154 valence electrons. The summed E-state index contributed by atoms with van der Waals surface area (Å²) in [4.78, 5) is 25.7. The number of carboxylic acids is 1. The lowest BCUT2D eigenvalue weighted by atomic mass is 9.95. The summed E-state index contributed by atoms with van der Waals surface area (Å²) in [6.07, 6.45) is 3.93. The topological polar surface area (TPSA) is 97.5 Å². The summed E-state index contributed by atoms with van der Waals surface area (Å²) in [6, 6.07) is 3.56. The Hall–Kier alpha value is -2.90. The van der Waals surface area contributed by atoms with Crippen LogP contribution in [0, 0.1) is 13.8 Å². The van der Waals surface area contributed by atoms with E-state index in [9.17, 15) is 9.59 Å². The summed E-state index contributed by atoms with van der Waals surface area (Å²) in [5, 5.41) is 17.5. The first-order chi connectivity index (χ1) is 13.9. The van der Waals surface area contributed by atoms with Crippen molar-refractivity contribution >= 4 is 11.9 Å². The molecule has 0 unspecified atom stereocenters. The maximum atomic E-state index is 13.0. The first-order valence-electron chi connectivity index (χ1n) is 10.1. The van der Waals surface area contributed by atoms with Gasteiger partial charge in [0.25, 0.3) is 5.91 Å². The molecule has 0 radical (unpaired) electrons. The monoisotopic (exact) mass is 398 g/mol. The number of aliphatic carboxylic acids is 1. The van der Waals surface area contributed by atoms with Crippen molar-refractivity contribution in [1.29, 1.82) is 0 Å². The molecule has 0 atom stereocenters. The molecule has 1 N–H and O–H groups in total. The summed E-state index contributed by atoms with van der Waals surface area (Å²) in [5.74, 6) is 2.04. The lowest BCUT2D eigenvalue weighted by Gasteiger charge is -2.32. The standard InChI is InChI=1S/C21H26N4O4/c1-13-10-16(11-14(2)19(13)29-12-18(26)27)21(28)24-8-5-15(6-9-24)20-23-22-17-4-3-7-25(17)20/h10-11,15H,3-9,12H2,1-2H3,(H,26,27). The van der Waals surface area contributed by atoms with Gasteiger partial charge in [0, 0.05) is 37.5 Å². The van der Waals surface area contributed by atoms with Gasteiger partial charge in [-0.2, -0.15) is 0 Å². The van der Waals surface area contributed by atoms with Crippen LogP contribution in [-0.4, -0.2) is 56.3 Å². The van der Waals surface area contributed by atoms with Gasteiger partial charge in [-0.1, -0.05) is 0 Å². The van der Waals surface area contributed by atoms with Gasteiger partial charge in [0.15, 0.2) is 6.61 Å². The van der Waals surface area contributed by atoms with Crippen LogP contribution in [0.15, 0.2) is 12.1 Å². The Labute approximate surface area is 169 Å². The average Bonchev–Trinajstić information content (AvgIpc) is 3.30. The van der Waals surface area contributed by atoms with E-state index in [1.807, 2.05) is 18.7 Å². The minimum absolute atomic E-state index is 0.00547. The van der Waals surface area contributed by atoms with Crippen LogP contribution in [0.3, 0.4) is 0 Å². The van der Waals surface area contributed by atoms with Crippen molar-refractivity contribution in [3.8, 4) is 5.75 Å². The molecule has 1 fully saturated rings. The van der Waals surface area contributed by atoms with E-state index < -0.39 is 12.6 Å². The Morgan fingerprint density at radius 2 is 1.83 bits per heavy atom. The van der Waals surface area contributed by atoms with E-state index in [1.165, 1.54) is 0 Å². The van der Waals surface area contributed by atoms with Crippen LogP contribution in [0.2, 0.25) is 0 Å². The molecular weight excluding hydrogens is 372 g/mol. The fourth-order valence-electron chi connectivity index (χ4n) is 4.43. The number of aromatic nitrogens is 3. The van der Waals surface area contributed by atoms with Crippen LogP contribution < -0.4 is 4.74 Å². The smallest absolute Gasteiger partial charge is 0.341 e. The maximum Gasteiger partial charge on any atom is 0.341 e. The molecule has 1 saturated heterocycles. The first-order valence-corrected chi connectivity index (χ1v) is 10.1. The molecule has 1 aromatic carbocycles. The number of ether oxygens (including phenoxy) is 1. The predicted molar refractivity (Wildman–Crippen MR) is 105 cm³/mol. The Balaban J connectivity index is 1.42. The third kappa shape index (κ3) is 3.83. The SMILES string of the molecule is Cc1cc(C(=O)N2CCC(c3nnc4n3CCC4)CC2)cc(C)c1OCC(=O)O. The molecule has 8 heteroatoms. The van der Waals surface area contributed by atoms with Gasteiger partial charge in [-0.15, -0.1) is 10.2 Å². The zero-order chi connectivity index (χ0) is 20.5. The second-order valence-corrected chi connectivity index (χ2v) is 7.92. The molecule has 0 spiro atoms. The number of carbonyl (C=O) groups excluding carboxylic acids is 1. The maximum absolute atomic E-state index is 13.0. The molecule has 29 heavy (non-hydrogen) atoms. The molecule has 4 rings (SSSR count). The summed E-state index contributed by atoms with van der Waals surface area (Å²) in [7, 11) is 0. The van der Waals surface area contributed by atoms with Crippen molar-refractivity contribution in [2.75, 3.05) is 19.7 Å². The number of carbonyl (C=O) groups is 2. The van der Waals surface area contributed by atoms with Gasteiger partial charge >= 0.3 is 5.97 Å². The number of piperidine rings is 1. The second kappa shape index (κ2) is 7.85. The molecule has 2 aliphatic rings. The minimum atomic E-state index is -1.02. The van der Waals surface area contributed by atoms with Gasteiger partial charge in [0.2, 0.25) is 0 Å². The van der Waals surface area contributed by atoms with Crippen LogP contribution in [0.25, 0.3) is 0 Å². The molecular formula is C21H26N4O4. The van der Waals surface area contributed by atoms with E-state index in [4.69, 9.17) is 9.84 Å². The molecule has 2 aliphatic heterocycles. The minimum Gasteiger partial charge on any atom is -0.481 e. The van der Waals surface area contributed by atoms with E-state index in [0.717, 1.165) is 55.0 Å². The van der Waals surface area contributed by atoms with Crippen LogP contribution in [0.1, 0.15) is 58.3 Å².